The van der Waals surface area contributed by atoms with E-state index >= 15 is 0 Å². The van der Waals surface area contributed by atoms with Gasteiger partial charge in [-0.05, 0) is 43.2 Å². The van der Waals surface area contributed by atoms with Gasteiger partial charge in [-0.25, -0.2) is 4.98 Å². The van der Waals surface area contributed by atoms with Crippen LogP contribution in [0.4, 0.5) is 0 Å². The van der Waals surface area contributed by atoms with Crippen LogP contribution in [0.5, 0.6) is 11.6 Å². The summed E-state index contributed by atoms with van der Waals surface area (Å²) < 4.78 is 17.4. The standard InChI is InChI=1S/C24H23N3O5/c1-15(28)4-5-16-6-7-19-17(11-16)8-10-27-20(19)12-22(26-24(27)29)30-13-18-14-31-23-21(32-18)3-2-9-25-23/h2-3,6-7,9,11-12,15,18,24,28-29H,8,10,13-14H2,1H3. The maximum Gasteiger partial charge on any atom is 0.257 e. The molecule has 3 atom stereocenters. The lowest BCUT2D eigenvalue weighted by Gasteiger charge is -2.37. The van der Waals surface area contributed by atoms with Crippen molar-refractivity contribution in [3.63, 3.8) is 0 Å². The Labute approximate surface area is 185 Å². The second kappa shape index (κ2) is 8.54. The normalized spacial score (nSPS) is 21.8. The Balaban J connectivity index is 1.32. The summed E-state index contributed by atoms with van der Waals surface area (Å²) in [6.07, 6.45) is 2.26. The Hall–Kier alpha value is -3.54. The van der Waals surface area contributed by atoms with Crippen LogP contribution in [-0.4, -0.2) is 64.3 Å². The fourth-order valence-corrected chi connectivity index (χ4v) is 3.87. The van der Waals surface area contributed by atoms with Gasteiger partial charge in [-0.15, -0.1) is 0 Å². The van der Waals surface area contributed by atoms with Crippen LogP contribution in [0.15, 0.2) is 47.6 Å². The van der Waals surface area contributed by atoms with Crippen LogP contribution >= 0.6 is 0 Å². The molecule has 2 aromatic rings. The van der Waals surface area contributed by atoms with Gasteiger partial charge in [-0.2, -0.15) is 4.99 Å². The van der Waals surface area contributed by atoms with E-state index in [1.807, 2.05) is 29.2 Å². The largest absolute Gasteiger partial charge is 0.478 e. The molecule has 0 amide bonds. The van der Waals surface area contributed by atoms with Crippen molar-refractivity contribution in [3.05, 3.63) is 59.3 Å². The number of aliphatic hydroxyl groups is 2. The van der Waals surface area contributed by atoms with Crippen molar-refractivity contribution >= 4 is 11.6 Å². The van der Waals surface area contributed by atoms with E-state index in [4.69, 9.17) is 14.2 Å². The van der Waals surface area contributed by atoms with Gasteiger partial charge in [0.1, 0.15) is 19.3 Å². The summed E-state index contributed by atoms with van der Waals surface area (Å²) in [5, 5.41) is 20.0. The molecule has 3 aliphatic rings. The minimum Gasteiger partial charge on any atom is -0.478 e. The summed E-state index contributed by atoms with van der Waals surface area (Å²) in [6, 6.07) is 9.51. The fraction of sp³-hybridized carbons (Fsp3) is 0.333. The van der Waals surface area contributed by atoms with Crippen molar-refractivity contribution in [2.45, 2.75) is 31.9 Å². The van der Waals surface area contributed by atoms with Crippen LogP contribution in [-0.2, 0) is 11.2 Å². The van der Waals surface area contributed by atoms with Gasteiger partial charge in [0.05, 0.1) is 5.70 Å². The second-order valence-electron chi connectivity index (χ2n) is 7.77. The number of aliphatic imine (C=N–C) groups is 1. The topological polar surface area (TPSA) is 96.6 Å². The zero-order chi connectivity index (χ0) is 22.1. The number of hydrogen-bond donors (Lipinski definition) is 2. The van der Waals surface area contributed by atoms with Gasteiger partial charge >= 0.3 is 0 Å². The number of pyridine rings is 1. The Morgan fingerprint density at radius 2 is 2.25 bits per heavy atom. The average Bonchev–Trinajstić information content (AvgIpc) is 2.81. The molecule has 32 heavy (non-hydrogen) atoms. The molecule has 0 saturated heterocycles. The quantitative estimate of drug-likeness (QED) is 0.694. The van der Waals surface area contributed by atoms with E-state index in [2.05, 4.69) is 21.8 Å². The molecular weight excluding hydrogens is 410 g/mol. The maximum absolute atomic E-state index is 10.6. The second-order valence-corrected chi connectivity index (χ2v) is 7.77. The molecular formula is C24H23N3O5. The van der Waals surface area contributed by atoms with Gasteiger partial charge in [0.15, 0.2) is 11.9 Å². The number of fused-ring (bicyclic) bond motifs is 4. The molecule has 0 aliphatic carbocycles. The number of hydrogen-bond acceptors (Lipinski definition) is 8. The van der Waals surface area contributed by atoms with Crippen LogP contribution in [0.25, 0.3) is 5.70 Å². The molecule has 0 fully saturated rings. The highest BCUT2D eigenvalue weighted by atomic mass is 16.6. The summed E-state index contributed by atoms with van der Waals surface area (Å²) in [7, 11) is 0. The van der Waals surface area contributed by atoms with E-state index in [0.29, 0.717) is 30.7 Å². The molecule has 3 aliphatic heterocycles. The highest BCUT2D eigenvalue weighted by Crippen LogP contribution is 2.33. The molecule has 4 heterocycles. The van der Waals surface area contributed by atoms with Crippen molar-refractivity contribution in [2.24, 2.45) is 4.99 Å². The number of ether oxygens (including phenoxy) is 3. The predicted molar refractivity (Wildman–Crippen MR) is 117 cm³/mol. The third-order valence-corrected chi connectivity index (χ3v) is 5.37. The molecule has 8 nitrogen and oxygen atoms in total. The van der Waals surface area contributed by atoms with Gasteiger partial charge in [0.2, 0.25) is 12.2 Å². The number of aromatic nitrogens is 1. The van der Waals surface area contributed by atoms with Crippen molar-refractivity contribution < 1.29 is 24.4 Å². The van der Waals surface area contributed by atoms with E-state index in [1.54, 1.807) is 25.3 Å². The number of nitrogens with zero attached hydrogens (tertiary/aromatic N) is 3. The van der Waals surface area contributed by atoms with Crippen LogP contribution in [0.3, 0.4) is 0 Å². The minimum absolute atomic E-state index is 0.227. The molecule has 1 aromatic heterocycles. The number of rotatable bonds is 2. The van der Waals surface area contributed by atoms with E-state index in [-0.39, 0.29) is 12.7 Å². The fourth-order valence-electron chi connectivity index (χ4n) is 3.87. The first-order valence-corrected chi connectivity index (χ1v) is 10.5. The van der Waals surface area contributed by atoms with E-state index in [0.717, 1.165) is 28.8 Å². The molecule has 0 bridgehead atoms. The highest BCUT2D eigenvalue weighted by Gasteiger charge is 2.30. The van der Waals surface area contributed by atoms with Crippen molar-refractivity contribution in [1.29, 1.82) is 0 Å². The van der Waals surface area contributed by atoms with Crippen molar-refractivity contribution in [2.75, 3.05) is 19.8 Å². The number of benzene rings is 1. The summed E-state index contributed by atoms with van der Waals surface area (Å²) in [6.45, 7) is 2.82. The Morgan fingerprint density at radius 1 is 1.34 bits per heavy atom. The van der Waals surface area contributed by atoms with E-state index < -0.39 is 12.5 Å². The smallest absolute Gasteiger partial charge is 0.257 e. The molecule has 2 N–H and O–H groups in total. The predicted octanol–water partition coefficient (Wildman–Crippen LogP) is 1.56. The van der Waals surface area contributed by atoms with Crippen molar-refractivity contribution in [1.82, 2.24) is 9.88 Å². The monoisotopic (exact) mass is 433 g/mol. The first-order valence-electron chi connectivity index (χ1n) is 10.5. The zero-order valence-corrected chi connectivity index (χ0v) is 17.6. The first-order chi connectivity index (χ1) is 15.6. The van der Waals surface area contributed by atoms with Crippen molar-refractivity contribution in [3.8, 4) is 23.5 Å². The van der Waals surface area contributed by atoms with E-state index in [9.17, 15) is 10.2 Å². The molecule has 5 rings (SSSR count). The van der Waals surface area contributed by atoms with Crippen LogP contribution in [0, 0.1) is 11.8 Å². The number of aliphatic hydroxyl groups excluding tert-OH is 2. The SMILES string of the molecule is CC(O)C#Cc1ccc2c(c1)CCN1C2=CC(OCC2COc3ncccc3O2)=NC1O. The Kier molecular flexibility index (Phi) is 5.43. The third kappa shape index (κ3) is 4.13. The molecule has 0 spiro atoms. The van der Waals surface area contributed by atoms with Gasteiger partial charge < -0.3 is 29.3 Å². The zero-order valence-electron chi connectivity index (χ0n) is 17.6. The van der Waals surface area contributed by atoms with Gasteiger partial charge in [0, 0.05) is 29.9 Å². The van der Waals surface area contributed by atoms with E-state index in [1.165, 1.54) is 0 Å². The highest BCUT2D eigenvalue weighted by molar-refractivity contribution is 5.97. The van der Waals surface area contributed by atoms with Gasteiger partial charge in [-0.3, -0.25) is 0 Å². The lowest BCUT2D eigenvalue weighted by Crippen LogP contribution is -2.41. The summed E-state index contributed by atoms with van der Waals surface area (Å²) in [5.74, 6) is 7.15. The summed E-state index contributed by atoms with van der Waals surface area (Å²) in [5.41, 5.74) is 3.84. The molecule has 1 aromatic carbocycles. The van der Waals surface area contributed by atoms with Gasteiger partial charge in [0.25, 0.3) is 5.88 Å². The third-order valence-electron chi connectivity index (χ3n) is 5.37. The molecule has 3 unspecified atom stereocenters. The van der Waals surface area contributed by atoms with Crippen LogP contribution < -0.4 is 9.47 Å². The average molecular weight is 433 g/mol. The van der Waals surface area contributed by atoms with Crippen LogP contribution in [0.2, 0.25) is 0 Å². The summed E-state index contributed by atoms with van der Waals surface area (Å²) >= 11 is 0. The maximum atomic E-state index is 10.6. The molecule has 0 radical (unpaired) electrons. The molecule has 0 saturated carbocycles. The lowest BCUT2D eigenvalue weighted by atomic mass is 9.94. The minimum atomic E-state index is -1.01. The molecule has 8 heteroatoms. The first kappa shape index (κ1) is 20.4. The summed E-state index contributed by atoms with van der Waals surface area (Å²) in [4.78, 5) is 10.2. The lowest BCUT2D eigenvalue weighted by molar-refractivity contribution is 0.0348. The van der Waals surface area contributed by atoms with Gasteiger partial charge in [-0.1, -0.05) is 17.9 Å². The Bertz CT molecular complexity index is 1150. The molecule has 164 valence electrons. The Morgan fingerprint density at radius 3 is 3.12 bits per heavy atom. The van der Waals surface area contributed by atoms with Crippen LogP contribution in [0.1, 0.15) is 23.6 Å².